The first-order valence-corrected chi connectivity index (χ1v) is 7.38. The van der Waals surface area contributed by atoms with Crippen LogP contribution in [-0.4, -0.2) is 10.6 Å². The van der Waals surface area contributed by atoms with Crippen molar-refractivity contribution in [3.63, 3.8) is 0 Å². The van der Waals surface area contributed by atoms with Crippen molar-refractivity contribution in [2.45, 2.75) is 25.2 Å². The summed E-state index contributed by atoms with van der Waals surface area (Å²) in [5.41, 5.74) is 3.36. The van der Waals surface area contributed by atoms with Crippen LogP contribution in [0, 0.1) is 15.5 Å². The van der Waals surface area contributed by atoms with E-state index in [0.29, 0.717) is 25.0 Å². The van der Waals surface area contributed by atoms with Gasteiger partial charge < -0.3 is 5.41 Å². The van der Waals surface area contributed by atoms with Gasteiger partial charge in [0.15, 0.2) is 0 Å². The summed E-state index contributed by atoms with van der Waals surface area (Å²) in [7, 11) is 0. The second-order valence-corrected chi connectivity index (χ2v) is 6.07. The van der Waals surface area contributed by atoms with Gasteiger partial charge in [0.05, 0.1) is 9.80 Å². The van der Waals surface area contributed by atoms with E-state index in [1.54, 1.807) is 11.4 Å². The lowest BCUT2D eigenvalue weighted by atomic mass is 9.80. The van der Waals surface area contributed by atoms with Crippen LogP contribution in [0.1, 0.15) is 28.3 Å². The summed E-state index contributed by atoms with van der Waals surface area (Å²) in [5.74, 6) is 0.185. The molecule has 0 spiro atoms. The maximum atomic E-state index is 11.0. The fourth-order valence-electron chi connectivity index (χ4n) is 2.86. The molecular weight excluding hydrogens is 272 g/mol. The van der Waals surface area contributed by atoms with Gasteiger partial charge in [-0.2, -0.15) is 0 Å². The summed E-state index contributed by atoms with van der Waals surface area (Å²) < 4.78 is 0. The third kappa shape index (κ3) is 2.36. The highest BCUT2D eigenvalue weighted by molar-refractivity contribution is 7.10. The van der Waals surface area contributed by atoms with E-state index in [1.807, 2.05) is 12.1 Å². The van der Waals surface area contributed by atoms with Gasteiger partial charge in [0.25, 0.3) is 5.69 Å². The van der Waals surface area contributed by atoms with Crippen molar-refractivity contribution in [3.05, 3.63) is 61.8 Å². The molecule has 1 aliphatic carbocycles. The predicted octanol–water partition coefficient (Wildman–Crippen LogP) is 3.95. The number of fused-ring (bicyclic) bond motifs is 1. The Morgan fingerprint density at radius 1 is 1.35 bits per heavy atom. The van der Waals surface area contributed by atoms with Crippen LogP contribution in [0.4, 0.5) is 5.69 Å². The minimum Gasteiger partial charge on any atom is -0.309 e. The Hall–Kier alpha value is -2.01. The molecule has 4 nitrogen and oxygen atoms in total. The summed E-state index contributed by atoms with van der Waals surface area (Å²) in [6.45, 7) is 0. The number of nitrogens with zero attached hydrogens (tertiary/aromatic N) is 1. The number of benzene rings is 1. The number of rotatable bonds is 3. The second kappa shape index (κ2) is 5.17. The van der Waals surface area contributed by atoms with E-state index in [1.165, 1.54) is 22.5 Å². The highest BCUT2D eigenvalue weighted by Crippen LogP contribution is 2.36. The van der Waals surface area contributed by atoms with Crippen LogP contribution in [0.3, 0.4) is 0 Å². The Morgan fingerprint density at radius 2 is 2.15 bits per heavy atom. The molecule has 1 heterocycles. The number of thiophene rings is 1. The van der Waals surface area contributed by atoms with Crippen LogP contribution < -0.4 is 0 Å². The molecule has 1 N–H and O–H groups in total. The Balaban J connectivity index is 1.93. The molecule has 1 unspecified atom stereocenters. The van der Waals surface area contributed by atoms with E-state index in [9.17, 15) is 10.1 Å². The summed E-state index contributed by atoms with van der Waals surface area (Å²) in [5, 5.41) is 20.8. The molecule has 1 aromatic heterocycles. The van der Waals surface area contributed by atoms with Crippen molar-refractivity contribution < 1.29 is 4.92 Å². The lowest BCUT2D eigenvalue weighted by molar-refractivity contribution is -0.385. The molecular formula is C15H14N2O2S. The van der Waals surface area contributed by atoms with E-state index in [-0.39, 0.29) is 16.5 Å². The quantitative estimate of drug-likeness (QED) is 0.685. The molecule has 5 heteroatoms. The standard InChI is InChI=1S/C15H14N2O2S/c16-12-7-10-3-1-2-4-13(10)11(8-12)9-15-14(17(18)19)5-6-20-15/h1-6,11,16H,7-9H2. The van der Waals surface area contributed by atoms with E-state index < -0.39 is 0 Å². The van der Waals surface area contributed by atoms with Gasteiger partial charge >= 0.3 is 0 Å². The monoisotopic (exact) mass is 286 g/mol. The van der Waals surface area contributed by atoms with Gasteiger partial charge in [0, 0.05) is 18.2 Å². The molecule has 2 aromatic rings. The van der Waals surface area contributed by atoms with Crippen LogP contribution >= 0.6 is 11.3 Å². The number of hydrogen-bond acceptors (Lipinski definition) is 4. The highest BCUT2D eigenvalue weighted by atomic mass is 32.1. The lowest BCUT2D eigenvalue weighted by Gasteiger charge is -2.25. The summed E-state index contributed by atoms with van der Waals surface area (Å²) in [6, 6.07) is 9.70. The first kappa shape index (κ1) is 13.0. The van der Waals surface area contributed by atoms with Crippen molar-refractivity contribution in [2.75, 3.05) is 0 Å². The van der Waals surface area contributed by atoms with Crippen LogP contribution in [0.15, 0.2) is 35.7 Å². The van der Waals surface area contributed by atoms with Gasteiger partial charge in [-0.1, -0.05) is 24.3 Å². The Bertz CT molecular complexity index is 678. The smallest absolute Gasteiger partial charge is 0.283 e. The Labute approximate surface area is 120 Å². The van der Waals surface area contributed by atoms with E-state index in [0.717, 1.165) is 4.88 Å². The second-order valence-electron chi connectivity index (χ2n) is 5.07. The summed E-state index contributed by atoms with van der Waals surface area (Å²) in [6.07, 6.45) is 2.05. The Kier molecular flexibility index (Phi) is 3.36. The first-order valence-electron chi connectivity index (χ1n) is 6.50. The van der Waals surface area contributed by atoms with Crippen LogP contribution in [-0.2, 0) is 12.8 Å². The van der Waals surface area contributed by atoms with E-state index >= 15 is 0 Å². The number of nitro groups is 1. The molecule has 0 radical (unpaired) electrons. The fourth-order valence-corrected chi connectivity index (χ4v) is 3.78. The van der Waals surface area contributed by atoms with Gasteiger partial charge in [0.2, 0.25) is 0 Å². The predicted molar refractivity (Wildman–Crippen MR) is 79.9 cm³/mol. The van der Waals surface area contributed by atoms with Gasteiger partial charge in [0.1, 0.15) is 0 Å². The minimum atomic E-state index is -0.314. The average Bonchev–Trinajstić information content (AvgIpc) is 2.87. The molecule has 0 saturated heterocycles. The molecule has 20 heavy (non-hydrogen) atoms. The van der Waals surface area contributed by atoms with E-state index in [2.05, 4.69) is 12.1 Å². The maximum Gasteiger partial charge on any atom is 0.283 e. The molecule has 1 aromatic carbocycles. The zero-order valence-corrected chi connectivity index (χ0v) is 11.7. The maximum absolute atomic E-state index is 11.0. The van der Waals surface area contributed by atoms with Crippen molar-refractivity contribution in [1.29, 1.82) is 5.41 Å². The van der Waals surface area contributed by atoms with Crippen molar-refractivity contribution in [3.8, 4) is 0 Å². The minimum absolute atomic E-state index is 0.185. The van der Waals surface area contributed by atoms with Gasteiger partial charge in [-0.3, -0.25) is 10.1 Å². The normalized spacial score (nSPS) is 17.8. The Morgan fingerprint density at radius 3 is 2.95 bits per heavy atom. The van der Waals surface area contributed by atoms with Gasteiger partial charge in [-0.15, -0.1) is 11.3 Å². The highest BCUT2D eigenvalue weighted by Gasteiger charge is 2.26. The molecule has 0 bridgehead atoms. The summed E-state index contributed by atoms with van der Waals surface area (Å²) >= 11 is 1.44. The van der Waals surface area contributed by atoms with Crippen molar-refractivity contribution in [2.24, 2.45) is 0 Å². The zero-order valence-electron chi connectivity index (χ0n) is 10.8. The van der Waals surface area contributed by atoms with Crippen LogP contribution in [0.2, 0.25) is 0 Å². The van der Waals surface area contributed by atoms with Gasteiger partial charge in [-0.05, 0) is 35.3 Å². The van der Waals surface area contributed by atoms with Gasteiger partial charge in [-0.25, -0.2) is 0 Å². The third-order valence-corrected chi connectivity index (χ3v) is 4.67. The number of nitrogens with one attached hydrogen (secondary N) is 1. The van der Waals surface area contributed by atoms with E-state index in [4.69, 9.17) is 5.41 Å². The third-order valence-electron chi connectivity index (χ3n) is 3.74. The lowest BCUT2D eigenvalue weighted by Crippen LogP contribution is -2.19. The molecule has 0 amide bonds. The zero-order chi connectivity index (χ0) is 14.1. The SMILES string of the molecule is N=C1Cc2ccccc2C(Cc2sccc2[N+](=O)[O-])C1. The molecule has 0 aliphatic heterocycles. The average molecular weight is 286 g/mol. The molecule has 1 aliphatic rings. The van der Waals surface area contributed by atoms with Crippen LogP contribution in [0.25, 0.3) is 0 Å². The molecule has 1 atom stereocenters. The fraction of sp³-hybridized carbons (Fsp3) is 0.267. The van der Waals surface area contributed by atoms with Crippen LogP contribution in [0.5, 0.6) is 0 Å². The largest absolute Gasteiger partial charge is 0.309 e. The van der Waals surface area contributed by atoms with Crippen molar-refractivity contribution in [1.82, 2.24) is 0 Å². The molecule has 0 fully saturated rings. The number of hydrogen-bond donors (Lipinski definition) is 1. The van der Waals surface area contributed by atoms with Crippen molar-refractivity contribution >= 4 is 22.7 Å². The summed E-state index contributed by atoms with van der Waals surface area (Å²) in [4.78, 5) is 11.5. The topological polar surface area (TPSA) is 67.0 Å². The molecule has 102 valence electrons. The first-order chi connectivity index (χ1) is 9.65. The molecule has 3 rings (SSSR count). The molecule has 0 saturated carbocycles.